The summed E-state index contributed by atoms with van der Waals surface area (Å²) in [5.41, 5.74) is 5.08. The average molecular weight is 415 g/mol. The van der Waals surface area contributed by atoms with E-state index in [2.05, 4.69) is 41.5 Å². The molecule has 2 N–H and O–H groups in total. The van der Waals surface area contributed by atoms with Crippen molar-refractivity contribution in [2.24, 2.45) is 5.92 Å². The molecule has 6 nitrogen and oxygen atoms in total. The number of carbonyl (C=O) groups is 1. The zero-order valence-corrected chi connectivity index (χ0v) is 17.8. The molecule has 0 radical (unpaired) electrons. The van der Waals surface area contributed by atoms with Crippen molar-refractivity contribution in [3.05, 3.63) is 77.0 Å². The predicted molar refractivity (Wildman–Crippen MR) is 120 cm³/mol. The number of aliphatic carboxylic acids is 1. The number of aryl methyl sites for hydroxylation is 1. The van der Waals surface area contributed by atoms with Gasteiger partial charge in [-0.15, -0.1) is 0 Å². The van der Waals surface area contributed by atoms with Crippen LogP contribution in [0.2, 0.25) is 0 Å². The van der Waals surface area contributed by atoms with Crippen molar-refractivity contribution < 1.29 is 14.6 Å². The molecule has 6 heteroatoms. The Morgan fingerprint density at radius 1 is 1.23 bits per heavy atom. The number of hydrogen-bond acceptors (Lipinski definition) is 5. The fourth-order valence-electron chi connectivity index (χ4n) is 3.43. The van der Waals surface area contributed by atoms with Crippen LogP contribution in [0.15, 0.2) is 54.7 Å². The Kier molecular flexibility index (Phi) is 6.88. The second-order valence-electron chi connectivity index (χ2n) is 7.55. The first-order chi connectivity index (χ1) is 14.9. The number of nitrogens with zero attached hydrogens (tertiary/aromatic N) is 2. The summed E-state index contributed by atoms with van der Waals surface area (Å²) in [6.07, 6.45) is 2.01. The van der Waals surface area contributed by atoms with Gasteiger partial charge in [0.15, 0.2) is 0 Å². The lowest BCUT2D eigenvalue weighted by Gasteiger charge is -2.15. The Bertz CT molecular complexity index is 1120. The SMILES string of the molecule is COc1c(C#N)cc(-c2ccc(NCc3cccc(C)c3)nc2)cc1CC(C)C(=O)O. The molecule has 1 unspecified atom stereocenters. The average Bonchev–Trinajstić information content (AvgIpc) is 2.77. The standard InChI is InChI=1S/C25H25N3O3/c1-16-5-4-6-18(9-16)14-27-23-8-7-19(15-28-23)20-11-21(10-17(2)25(29)30)24(31-3)22(12-20)13-26/h4-9,11-12,15,17H,10,14H2,1-3H3,(H,27,28)(H,29,30). The molecule has 0 saturated carbocycles. The van der Waals surface area contributed by atoms with Crippen LogP contribution in [0, 0.1) is 24.2 Å². The van der Waals surface area contributed by atoms with Crippen LogP contribution in [0.1, 0.15) is 29.2 Å². The number of pyridine rings is 1. The number of methoxy groups -OCH3 is 1. The normalized spacial score (nSPS) is 11.4. The maximum absolute atomic E-state index is 11.3. The fourth-order valence-corrected chi connectivity index (χ4v) is 3.43. The molecule has 0 spiro atoms. The summed E-state index contributed by atoms with van der Waals surface area (Å²) in [5.74, 6) is -0.318. The summed E-state index contributed by atoms with van der Waals surface area (Å²) in [4.78, 5) is 15.8. The third-order valence-electron chi connectivity index (χ3n) is 5.09. The van der Waals surface area contributed by atoms with Crippen LogP contribution < -0.4 is 10.1 Å². The van der Waals surface area contributed by atoms with E-state index < -0.39 is 11.9 Å². The largest absolute Gasteiger partial charge is 0.495 e. The Hall–Kier alpha value is -3.85. The highest BCUT2D eigenvalue weighted by Crippen LogP contribution is 2.32. The molecule has 158 valence electrons. The van der Waals surface area contributed by atoms with Crippen molar-refractivity contribution in [1.82, 2.24) is 4.98 Å². The molecule has 0 aliphatic carbocycles. The predicted octanol–water partition coefficient (Wildman–Crippen LogP) is 4.81. The van der Waals surface area contributed by atoms with Crippen LogP contribution in [-0.2, 0) is 17.8 Å². The van der Waals surface area contributed by atoms with E-state index in [4.69, 9.17) is 4.74 Å². The first kappa shape index (κ1) is 21.8. The molecule has 0 amide bonds. The smallest absolute Gasteiger partial charge is 0.306 e. The molecular weight excluding hydrogens is 390 g/mol. The molecule has 0 bridgehead atoms. The second kappa shape index (κ2) is 9.77. The number of aromatic nitrogens is 1. The molecule has 31 heavy (non-hydrogen) atoms. The first-order valence-electron chi connectivity index (χ1n) is 10.0. The number of benzene rings is 2. The van der Waals surface area contributed by atoms with Crippen molar-refractivity contribution in [2.45, 2.75) is 26.8 Å². The number of anilines is 1. The number of carboxylic acids is 1. The lowest BCUT2D eigenvalue weighted by atomic mass is 9.94. The lowest BCUT2D eigenvalue weighted by molar-refractivity contribution is -0.141. The van der Waals surface area contributed by atoms with E-state index in [9.17, 15) is 15.2 Å². The molecule has 3 rings (SSSR count). The van der Waals surface area contributed by atoms with Gasteiger partial charge in [0, 0.05) is 18.3 Å². The zero-order chi connectivity index (χ0) is 22.4. The van der Waals surface area contributed by atoms with Crippen LogP contribution in [0.5, 0.6) is 5.75 Å². The molecule has 0 aliphatic rings. The number of ether oxygens (including phenoxy) is 1. The Balaban J connectivity index is 1.84. The van der Waals surface area contributed by atoms with E-state index in [1.165, 1.54) is 18.2 Å². The molecular formula is C25H25N3O3. The van der Waals surface area contributed by atoms with Crippen LogP contribution in [0.25, 0.3) is 11.1 Å². The summed E-state index contributed by atoms with van der Waals surface area (Å²) in [5, 5.41) is 22.1. The van der Waals surface area contributed by atoms with Crippen LogP contribution >= 0.6 is 0 Å². The monoisotopic (exact) mass is 415 g/mol. The van der Waals surface area contributed by atoms with Crippen molar-refractivity contribution in [3.8, 4) is 22.9 Å². The third-order valence-corrected chi connectivity index (χ3v) is 5.09. The van der Waals surface area contributed by atoms with Crippen LogP contribution in [0.3, 0.4) is 0 Å². The van der Waals surface area contributed by atoms with E-state index in [1.54, 1.807) is 19.2 Å². The van der Waals surface area contributed by atoms with E-state index >= 15 is 0 Å². The van der Waals surface area contributed by atoms with Crippen molar-refractivity contribution in [2.75, 3.05) is 12.4 Å². The van der Waals surface area contributed by atoms with Gasteiger partial charge in [-0.25, -0.2) is 4.98 Å². The van der Waals surface area contributed by atoms with Gasteiger partial charge >= 0.3 is 5.97 Å². The summed E-state index contributed by atoms with van der Waals surface area (Å²) < 4.78 is 5.40. The molecule has 0 fully saturated rings. The first-order valence-corrected chi connectivity index (χ1v) is 10.0. The molecule has 1 atom stereocenters. The Morgan fingerprint density at radius 3 is 2.65 bits per heavy atom. The van der Waals surface area contributed by atoms with Gasteiger partial charge in [-0.1, -0.05) is 36.8 Å². The molecule has 1 aromatic heterocycles. The lowest BCUT2D eigenvalue weighted by Crippen LogP contribution is -2.13. The molecule has 2 aromatic carbocycles. The van der Waals surface area contributed by atoms with Gasteiger partial charge in [0.05, 0.1) is 18.6 Å². The number of nitriles is 1. The molecule has 1 heterocycles. The number of nitrogens with one attached hydrogen (secondary N) is 1. The van der Waals surface area contributed by atoms with Gasteiger partial charge in [-0.2, -0.15) is 5.26 Å². The summed E-state index contributed by atoms with van der Waals surface area (Å²) in [6, 6.07) is 17.9. The quantitative estimate of drug-likeness (QED) is 0.548. The number of carboxylic acid groups (broad SMARTS) is 1. The van der Waals surface area contributed by atoms with Gasteiger partial charge < -0.3 is 15.2 Å². The summed E-state index contributed by atoms with van der Waals surface area (Å²) in [7, 11) is 1.49. The molecule has 0 saturated heterocycles. The van der Waals surface area contributed by atoms with Crippen LogP contribution in [0.4, 0.5) is 5.82 Å². The van der Waals surface area contributed by atoms with Crippen molar-refractivity contribution in [1.29, 1.82) is 5.26 Å². The summed E-state index contributed by atoms with van der Waals surface area (Å²) in [6.45, 7) is 4.37. The third kappa shape index (κ3) is 5.40. The minimum Gasteiger partial charge on any atom is -0.495 e. The Labute approximate surface area is 182 Å². The number of rotatable bonds is 8. The second-order valence-corrected chi connectivity index (χ2v) is 7.55. The zero-order valence-electron chi connectivity index (χ0n) is 17.8. The van der Waals surface area contributed by atoms with Crippen molar-refractivity contribution >= 4 is 11.8 Å². The minimum atomic E-state index is -0.892. The van der Waals surface area contributed by atoms with Gasteiger partial charge in [-0.05, 0) is 54.3 Å². The highest BCUT2D eigenvalue weighted by molar-refractivity contribution is 5.72. The van der Waals surface area contributed by atoms with E-state index in [-0.39, 0.29) is 6.42 Å². The molecule has 0 aliphatic heterocycles. The number of hydrogen-bond donors (Lipinski definition) is 2. The molecule has 3 aromatic rings. The maximum atomic E-state index is 11.3. The fraction of sp³-hybridized carbons (Fsp3) is 0.240. The van der Waals surface area contributed by atoms with Gasteiger partial charge in [0.25, 0.3) is 0 Å². The highest BCUT2D eigenvalue weighted by Gasteiger charge is 2.18. The Morgan fingerprint density at radius 2 is 2.03 bits per heavy atom. The highest BCUT2D eigenvalue weighted by atomic mass is 16.5. The maximum Gasteiger partial charge on any atom is 0.306 e. The van der Waals surface area contributed by atoms with Gasteiger partial charge in [0.1, 0.15) is 17.6 Å². The van der Waals surface area contributed by atoms with E-state index in [0.717, 1.165) is 16.9 Å². The van der Waals surface area contributed by atoms with Crippen LogP contribution in [-0.4, -0.2) is 23.2 Å². The van der Waals surface area contributed by atoms with Gasteiger partial charge in [0.2, 0.25) is 0 Å². The van der Waals surface area contributed by atoms with Crippen molar-refractivity contribution in [3.63, 3.8) is 0 Å². The van der Waals surface area contributed by atoms with Gasteiger partial charge in [-0.3, -0.25) is 4.79 Å². The topological polar surface area (TPSA) is 95.2 Å². The summed E-state index contributed by atoms with van der Waals surface area (Å²) >= 11 is 0. The minimum absolute atomic E-state index is 0.268. The van der Waals surface area contributed by atoms with E-state index in [0.29, 0.717) is 23.4 Å². The van der Waals surface area contributed by atoms with E-state index in [1.807, 2.05) is 24.3 Å².